The van der Waals surface area contributed by atoms with E-state index in [-0.39, 0.29) is 42.3 Å². The van der Waals surface area contributed by atoms with Gasteiger partial charge in [0.15, 0.2) is 6.79 Å². The summed E-state index contributed by atoms with van der Waals surface area (Å²) in [5.74, 6) is 0.696. The van der Waals surface area contributed by atoms with Crippen molar-refractivity contribution in [1.29, 1.82) is 0 Å². The second-order valence-corrected chi connectivity index (χ2v) is 9.77. The first-order valence-corrected chi connectivity index (χ1v) is 14.0. The number of piperazine rings is 1. The van der Waals surface area contributed by atoms with Crippen molar-refractivity contribution in [3.05, 3.63) is 84.3 Å². The van der Waals surface area contributed by atoms with Crippen molar-refractivity contribution >= 4 is 29.5 Å². The maximum Gasteiger partial charge on any atom is 0.340 e. The van der Waals surface area contributed by atoms with Gasteiger partial charge in [0.25, 0.3) is 0 Å². The van der Waals surface area contributed by atoms with E-state index in [0.29, 0.717) is 51.4 Å². The Morgan fingerprint density at radius 1 is 1.00 bits per heavy atom. The smallest absolute Gasteiger partial charge is 0.340 e. The topological polar surface area (TPSA) is 95.6 Å². The van der Waals surface area contributed by atoms with Gasteiger partial charge < -0.3 is 29.3 Å². The average Bonchev–Trinajstić information content (AvgIpc) is 3.08. The second kappa shape index (κ2) is 15.6. The molecular weight excluding hydrogens is 534 g/mol. The van der Waals surface area contributed by atoms with Crippen molar-refractivity contribution in [2.24, 2.45) is 0 Å². The Morgan fingerprint density at radius 2 is 1.64 bits per heavy atom. The van der Waals surface area contributed by atoms with Crippen LogP contribution in [0.4, 0.5) is 21.9 Å². The van der Waals surface area contributed by atoms with E-state index in [1.807, 2.05) is 66.4 Å². The summed E-state index contributed by atoms with van der Waals surface area (Å²) in [4.78, 5) is 29.0. The zero-order chi connectivity index (χ0) is 33.2. The minimum atomic E-state index is -0.810. The largest absolute Gasteiger partial charge is 0.468 e. The van der Waals surface area contributed by atoms with Gasteiger partial charge in [0.1, 0.15) is 5.75 Å². The molecule has 4 rings (SSSR count). The molecule has 0 bridgehead atoms. The lowest BCUT2D eigenvalue weighted by Crippen LogP contribution is -2.55. The summed E-state index contributed by atoms with van der Waals surface area (Å²) < 4.78 is 51.2. The predicted molar refractivity (Wildman–Crippen MR) is 165 cm³/mol. The van der Waals surface area contributed by atoms with Crippen molar-refractivity contribution < 1.29 is 29.3 Å². The van der Waals surface area contributed by atoms with E-state index in [2.05, 4.69) is 15.6 Å². The van der Waals surface area contributed by atoms with Gasteiger partial charge in [0.2, 0.25) is 6.41 Å². The Kier molecular flexibility index (Phi) is 9.47. The Balaban J connectivity index is 1.46. The summed E-state index contributed by atoms with van der Waals surface area (Å²) in [6.07, 6.45) is 0.305. The van der Waals surface area contributed by atoms with E-state index in [1.54, 1.807) is 14.0 Å². The van der Waals surface area contributed by atoms with Crippen LogP contribution in [0.2, 0.25) is 0 Å². The fraction of sp³-hybridized carbons (Fsp3) is 0.375. The maximum absolute atomic E-state index is 13.5. The standard InChI is InChI=1S/C32H41N5O5/c1-4-31(25(2)41-22-26-8-6-5-7-9-26)37(33-23-38)32(39)34-27-10-12-28(13-11-27)35-18-20-36(21-19-35)29-14-16-30(17-15-29)42-24-40-3/h5-17,23,25,31H,4,18-22,24H2,1-3H3,(H,33,38)(H,34,39)/t25?,31-/m0/s1/i10D,11D,12D,13D. The van der Waals surface area contributed by atoms with Gasteiger partial charge in [-0.05, 0) is 67.3 Å². The van der Waals surface area contributed by atoms with Gasteiger partial charge in [-0.1, -0.05) is 37.3 Å². The molecule has 0 spiro atoms. The lowest BCUT2D eigenvalue weighted by molar-refractivity contribution is -0.114. The molecule has 1 aliphatic rings. The van der Waals surface area contributed by atoms with E-state index < -0.39 is 18.2 Å². The molecule has 1 unspecified atom stereocenters. The number of ether oxygens (including phenoxy) is 3. The molecule has 0 aromatic heterocycles. The van der Waals surface area contributed by atoms with Gasteiger partial charge in [-0.25, -0.2) is 9.80 Å². The first-order chi connectivity index (χ1) is 22.2. The normalized spacial score (nSPS) is 15.9. The number of methoxy groups -OCH3 is 1. The van der Waals surface area contributed by atoms with E-state index in [0.717, 1.165) is 16.3 Å². The lowest BCUT2D eigenvalue weighted by atomic mass is 10.1. The van der Waals surface area contributed by atoms with E-state index >= 15 is 0 Å². The highest BCUT2D eigenvalue weighted by Crippen LogP contribution is 2.24. The SMILES string of the molecule is [2H]c1c([2H])c(N2CCN(c3ccc(OCOC)cc3)CC2)c([2H])c([2H])c1NC(=O)N(NC=O)[C@@H](CC)C(C)OCc1ccccc1. The van der Waals surface area contributed by atoms with Crippen LogP contribution in [-0.4, -0.2) is 69.7 Å². The number of benzene rings is 3. The summed E-state index contributed by atoms with van der Waals surface area (Å²) in [6.45, 7) is 6.26. The first kappa shape index (κ1) is 25.4. The number of hydrazine groups is 1. The molecule has 10 nitrogen and oxygen atoms in total. The molecule has 3 amide bonds. The third kappa shape index (κ3) is 8.37. The lowest BCUT2D eigenvalue weighted by Gasteiger charge is -2.37. The quantitative estimate of drug-likeness (QED) is 0.160. The van der Waals surface area contributed by atoms with Crippen LogP contribution in [0.3, 0.4) is 0 Å². The first-order valence-electron chi connectivity index (χ1n) is 16.0. The van der Waals surface area contributed by atoms with Crippen LogP contribution in [0.1, 0.15) is 31.3 Å². The van der Waals surface area contributed by atoms with Crippen LogP contribution < -0.4 is 25.3 Å². The molecule has 1 saturated heterocycles. The Labute approximate surface area is 253 Å². The van der Waals surface area contributed by atoms with Crippen LogP contribution >= 0.6 is 0 Å². The van der Waals surface area contributed by atoms with Gasteiger partial charge in [-0.3, -0.25) is 10.2 Å². The molecule has 1 fully saturated rings. The Morgan fingerprint density at radius 3 is 2.24 bits per heavy atom. The molecule has 1 heterocycles. The van der Waals surface area contributed by atoms with Crippen molar-refractivity contribution in [2.45, 2.75) is 39.0 Å². The molecule has 10 heteroatoms. The average molecular weight is 580 g/mol. The number of urea groups is 1. The predicted octanol–water partition coefficient (Wildman–Crippen LogP) is 4.87. The third-order valence-electron chi connectivity index (χ3n) is 7.04. The van der Waals surface area contributed by atoms with Crippen molar-refractivity contribution in [1.82, 2.24) is 10.4 Å². The maximum atomic E-state index is 13.5. The molecule has 3 aromatic rings. The molecule has 3 aromatic carbocycles. The highest BCUT2D eigenvalue weighted by atomic mass is 16.7. The monoisotopic (exact) mass is 579 g/mol. The molecule has 0 aliphatic carbocycles. The molecule has 1 aliphatic heterocycles. The summed E-state index contributed by atoms with van der Waals surface area (Å²) in [5, 5.41) is 3.58. The van der Waals surface area contributed by atoms with Gasteiger partial charge in [0.05, 0.1) is 24.2 Å². The third-order valence-corrected chi connectivity index (χ3v) is 7.04. The molecule has 0 saturated carbocycles. The Hall–Kier alpha value is -4.28. The molecule has 224 valence electrons. The van der Waals surface area contributed by atoms with Crippen LogP contribution in [-0.2, 0) is 20.9 Å². The van der Waals surface area contributed by atoms with Gasteiger partial charge in [0, 0.05) is 50.4 Å². The van der Waals surface area contributed by atoms with Crippen LogP contribution in [0, 0.1) is 0 Å². The van der Waals surface area contributed by atoms with Crippen LogP contribution in [0.25, 0.3) is 0 Å². The molecule has 2 N–H and O–H groups in total. The minimum Gasteiger partial charge on any atom is -0.468 e. The summed E-state index contributed by atoms with van der Waals surface area (Å²) in [6, 6.07) is 14.5. The van der Waals surface area contributed by atoms with E-state index in [1.165, 1.54) is 0 Å². The van der Waals surface area contributed by atoms with Gasteiger partial charge in [-0.2, -0.15) is 0 Å². The number of rotatable bonds is 14. The highest BCUT2D eigenvalue weighted by Gasteiger charge is 2.28. The van der Waals surface area contributed by atoms with Crippen molar-refractivity contribution in [3.8, 4) is 5.75 Å². The summed E-state index contributed by atoms with van der Waals surface area (Å²) >= 11 is 0. The second-order valence-electron chi connectivity index (χ2n) is 9.77. The molecule has 2 atom stereocenters. The number of nitrogens with zero attached hydrogens (tertiary/aromatic N) is 3. The van der Waals surface area contributed by atoms with E-state index in [4.69, 9.17) is 19.7 Å². The number of anilines is 3. The molecule has 0 radical (unpaired) electrons. The zero-order valence-electron chi connectivity index (χ0n) is 28.3. The van der Waals surface area contributed by atoms with Crippen molar-refractivity contribution in [2.75, 3.05) is 55.2 Å². The zero-order valence-corrected chi connectivity index (χ0v) is 24.3. The van der Waals surface area contributed by atoms with E-state index in [9.17, 15) is 9.59 Å². The Bertz CT molecular complexity index is 1430. The minimum absolute atomic E-state index is 0.165. The highest BCUT2D eigenvalue weighted by molar-refractivity contribution is 5.90. The number of nitrogens with one attached hydrogen (secondary N) is 2. The van der Waals surface area contributed by atoms with Gasteiger partial charge >= 0.3 is 6.03 Å². The van der Waals surface area contributed by atoms with Gasteiger partial charge in [-0.15, -0.1) is 0 Å². The summed E-state index contributed by atoms with van der Waals surface area (Å²) in [7, 11) is 1.56. The summed E-state index contributed by atoms with van der Waals surface area (Å²) in [5.41, 5.74) is 4.27. The fourth-order valence-corrected chi connectivity index (χ4v) is 4.76. The number of amides is 3. The van der Waals surface area contributed by atoms with Crippen molar-refractivity contribution in [3.63, 3.8) is 0 Å². The van der Waals surface area contributed by atoms with Crippen LogP contribution in [0.15, 0.2) is 78.8 Å². The number of carbonyl (C=O) groups excluding carboxylic acids is 2. The molecular formula is C32H41N5O5. The fourth-order valence-electron chi connectivity index (χ4n) is 4.76. The number of carbonyl (C=O) groups is 2. The van der Waals surface area contributed by atoms with Crippen LogP contribution in [0.5, 0.6) is 5.75 Å². The number of hydrogen-bond acceptors (Lipinski definition) is 7. The molecule has 42 heavy (non-hydrogen) atoms. The number of hydrogen-bond donors (Lipinski definition) is 2.